The number of rotatable bonds is 1. The maximum atomic E-state index is 13.2. The maximum absolute atomic E-state index is 13.2. The average Bonchev–Trinajstić information content (AvgIpc) is 2.58. The molecule has 0 fully saturated rings. The van der Waals surface area contributed by atoms with Gasteiger partial charge in [0.15, 0.2) is 11.6 Å². The van der Waals surface area contributed by atoms with Crippen molar-refractivity contribution in [3.8, 4) is 11.3 Å². The van der Waals surface area contributed by atoms with Crippen LogP contribution in [0.25, 0.3) is 11.3 Å². The summed E-state index contributed by atoms with van der Waals surface area (Å²) < 4.78 is 43.1. The van der Waals surface area contributed by atoms with Crippen LogP contribution in [0.5, 0.6) is 0 Å². The highest BCUT2D eigenvalue weighted by atomic mass is 35.5. The van der Waals surface area contributed by atoms with Crippen molar-refractivity contribution in [3.63, 3.8) is 0 Å². The minimum Gasteiger partial charge on any atom is -0.344 e. The van der Waals surface area contributed by atoms with Gasteiger partial charge in [-0.3, -0.25) is 0 Å². The first-order chi connectivity index (χ1) is 7.08. The Labute approximate surface area is 87.3 Å². The van der Waals surface area contributed by atoms with E-state index in [0.717, 1.165) is 0 Å². The van der Waals surface area contributed by atoms with Gasteiger partial charge in [0.1, 0.15) is 11.5 Å². The Kier molecular flexibility index (Phi) is 2.40. The van der Waals surface area contributed by atoms with Crippen molar-refractivity contribution >= 4 is 11.6 Å². The second-order valence-corrected chi connectivity index (χ2v) is 3.13. The first-order valence-corrected chi connectivity index (χ1v) is 4.23. The lowest BCUT2D eigenvalue weighted by molar-refractivity contribution is 0.423. The molecule has 0 unspecified atom stereocenters. The largest absolute Gasteiger partial charge is 0.344 e. The van der Waals surface area contributed by atoms with Crippen molar-refractivity contribution in [1.29, 1.82) is 0 Å². The fourth-order valence-corrected chi connectivity index (χ4v) is 1.24. The third-order valence-corrected chi connectivity index (χ3v) is 1.95. The number of hydrogen-bond donors (Lipinski definition) is 0. The molecule has 0 aliphatic carbocycles. The minimum absolute atomic E-state index is 0.0106. The molecule has 0 spiro atoms. The molecule has 2 aromatic rings. The fraction of sp³-hybridized carbons (Fsp3) is 0. The normalized spacial score (nSPS) is 10.7. The second kappa shape index (κ2) is 3.58. The van der Waals surface area contributed by atoms with Gasteiger partial charge in [-0.2, -0.15) is 0 Å². The summed E-state index contributed by atoms with van der Waals surface area (Å²) in [7, 11) is 0. The van der Waals surface area contributed by atoms with E-state index in [9.17, 15) is 13.2 Å². The molecule has 0 radical (unpaired) electrons. The van der Waals surface area contributed by atoms with Crippen LogP contribution in [-0.2, 0) is 0 Å². The van der Waals surface area contributed by atoms with Crippen LogP contribution in [0.15, 0.2) is 22.7 Å². The van der Waals surface area contributed by atoms with Crippen molar-refractivity contribution < 1.29 is 17.7 Å². The highest BCUT2D eigenvalue weighted by molar-refractivity contribution is 6.29. The van der Waals surface area contributed by atoms with Crippen molar-refractivity contribution in [3.05, 3.63) is 40.9 Å². The van der Waals surface area contributed by atoms with Crippen LogP contribution in [0.1, 0.15) is 0 Å². The Hall–Kier alpha value is -1.49. The van der Waals surface area contributed by atoms with Gasteiger partial charge in [0.05, 0.1) is 0 Å². The Balaban J connectivity index is 2.58. The molecule has 1 aromatic heterocycles. The molecular weight excluding hydrogens is 231 g/mol. The van der Waals surface area contributed by atoms with Crippen LogP contribution in [0.4, 0.5) is 13.2 Å². The van der Waals surface area contributed by atoms with Crippen LogP contribution in [0.2, 0.25) is 5.22 Å². The van der Waals surface area contributed by atoms with E-state index in [0.29, 0.717) is 12.1 Å². The van der Waals surface area contributed by atoms with Gasteiger partial charge in [-0.15, -0.1) is 0 Å². The molecule has 0 saturated carbocycles. The smallest absolute Gasteiger partial charge is 0.226 e. The average molecular weight is 234 g/mol. The molecule has 0 aliphatic rings. The van der Waals surface area contributed by atoms with Gasteiger partial charge in [0, 0.05) is 17.7 Å². The van der Waals surface area contributed by atoms with Crippen LogP contribution in [-0.4, -0.2) is 5.16 Å². The zero-order valence-electron chi connectivity index (χ0n) is 7.10. The van der Waals surface area contributed by atoms with Crippen molar-refractivity contribution in [1.82, 2.24) is 5.16 Å². The molecule has 1 heterocycles. The SMILES string of the molecule is Fc1cc(F)c(-c2cc(Cl)on2)cc1F. The third kappa shape index (κ3) is 1.83. The Morgan fingerprint density at radius 2 is 1.67 bits per heavy atom. The summed E-state index contributed by atoms with van der Waals surface area (Å²) in [4.78, 5) is 0. The summed E-state index contributed by atoms with van der Waals surface area (Å²) in [6, 6.07) is 2.34. The molecule has 2 rings (SSSR count). The number of halogens is 4. The number of aromatic nitrogens is 1. The third-order valence-electron chi connectivity index (χ3n) is 1.77. The predicted octanol–water partition coefficient (Wildman–Crippen LogP) is 3.41. The monoisotopic (exact) mass is 233 g/mol. The van der Waals surface area contributed by atoms with Crippen molar-refractivity contribution in [2.24, 2.45) is 0 Å². The van der Waals surface area contributed by atoms with E-state index in [1.807, 2.05) is 0 Å². The van der Waals surface area contributed by atoms with Crippen LogP contribution >= 0.6 is 11.6 Å². The highest BCUT2D eigenvalue weighted by Gasteiger charge is 2.14. The molecule has 0 N–H and O–H groups in total. The lowest BCUT2D eigenvalue weighted by atomic mass is 10.1. The van der Waals surface area contributed by atoms with E-state index >= 15 is 0 Å². The summed E-state index contributed by atoms with van der Waals surface area (Å²) in [6.07, 6.45) is 0. The predicted molar refractivity (Wildman–Crippen MR) is 46.8 cm³/mol. The maximum Gasteiger partial charge on any atom is 0.226 e. The summed E-state index contributed by atoms with van der Waals surface area (Å²) in [5, 5.41) is 3.32. The number of hydrogen-bond acceptors (Lipinski definition) is 2. The summed E-state index contributed by atoms with van der Waals surface area (Å²) >= 11 is 5.41. The number of benzene rings is 1. The molecule has 0 aliphatic heterocycles. The van der Waals surface area contributed by atoms with E-state index in [1.54, 1.807) is 0 Å². The zero-order chi connectivity index (χ0) is 11.0. The van der Waals surface area contributed by atoms with Crippen molar-refractivity contribution in [2.75, 3.05) is 0 Å². The quantitative estimate of drug-likeness (QED) is 0.706. The molecule has 0 bridgehead atoms. The zero-order valence-corrected chi connectivity index (χ0v) is 7.86. The van der Waals surface area contributed by atoms with Gasteiger partial charge in [0.25, 0.3) is 0 Å². The summed E-state index contributed by atoms with van der Waals surface area (Å²) in [5.41, 5.74) is -0.194. The Bertz CT molecular complexity index is 512. The molecule has 0 amide bonds. The van der Waals surface area contributed by atoms with E-state index in [2.05, 4.69) is 9.68 Å². The van der Waals surface area contributed by atoms with Gasteiger partial charge in [0.2, 0.25) is 5.22 Å². The van der Waals surface area contributed by atoms with Crippen molar-refractivity contribution in [2.45, 2.75) is 0 Å². The first-order valence-electron chi connectivity index (χ1n) is 3.85. The van der Waals surface area contributed by atoms with Gasteiger partial charge >= 0.3 is 0 Å². The highest BCUT2D eigenvalue weighted by Crippen LogP contribution is 2.26. The Morgan fingerprint density at radius 3 is 2.27 bits per heavy atom. The topological polar surface area (TPSA) is 26.0 Å². The molecule has 0 saturated heterocycles. The molecule has 1 aromatic carbocycles. The van der Waals surface area contributed by atoms with Gasteiger partial charge in [-0.1, -0.05) is 5.16 Å². The van der Waals surface area contributed by atoms with Crippen LogP contribution in [0.3, 0.4) is 0 Å². The van der Waals surface area contributed by atoms with E-state index in [1.165, 1.54) is 6.07 Å². The summed E-state index contributed by atoms with van der Waals surface area (Å²) in [6.45, 7) is 0. The van der Waals surface area contributed by atoms with Gasteiger partial charge < -0.3 is 4.52 Å². The minimum atomic E-state index is -1.26. The first kappa shape index (κ1) is 10.0. The Morgan fingerprint density at radius 1 is 1.00 bits per heavy atom. The van der Waals surface area contributed by atoms with E-state index in [4.69, 9.17) is 11.6 Å². The van der Waals surface area contributed by atoms with E-state index < -0.39 is 17.5 Å². The van der Waals surface area contributed by atoms with Gasteiger partial charge in [-0.05, 0) is 17.7 Å². The van der Waals surface area contributed by atoms with Crippen LogP contribution < -0.4 is 0 Å². The lowest BCUT2D eigenvalue weighted by Crippen LogP contribution is -1.91. The fourth-order valence-electron chi connectivity index (χ4n) is 1.10. The second-order valence-electron chi connectivity index (χ2n) is 2.76. The molecule has 2 nitrogen and oxygen atoms in total. The van der Waals surface area contributed by atoms with Gasteiger partial charge in [-0.25, -0.2) is 13.2 Å². The molecule has 6 heteroatoms. The molecular formula is C9H3ClF3NO. The molecule has 0 atom stereocenters. The van der Waals surface area contributed by atoms with Crippen LogP contribution in [0, 0.1) is 17.5 Å². The lowest BCUT2D eigenvalue weighted by Gasteiger charge is -1.99. The standard InChI is InChI=1S/C9H3ClF3NO/c10-9-3-8(14-15-9)4-1-6(12)7(13)2-5(4)11/h1-3H. The summed E-state index contributed by atoms with van der Waals surface area (Å²) in [5.74, 6) is -3.35. The van der Waals surface area contributed by atoms with E-state index in [-0.39, 0.29) is 16.5 Å². The molecule has 15 heavy (non-hydrogen) atoms. The number of nitrogens with zero attached hydrogens (tertiary/aromatic N) is 1. The molecule has 78 valence electrons.